The Morgan fingerprint density at radius 2 is 1.95 bits per heavy atom. The molecule has 0 aliphatic carbocycles. The molecule has 0 aliphatic rings. The highest BCUT2D eigenvalue weighted by atomic mass is 35.5. The number of unbranched alkanes of at least 4 members (excludes halogenated alkanes) is 2. The van der Waals surface area contributed by atoms with Crippen molar-refractivity contribution in [3.63, 3.8) is 0 Å². The molecule has 0 fully saturated rings. The topological polar surface area (TPSA) is 63.4 Å². The lowest BCUT2D eigenvalue weighted by molar-refractivity contribution is 0.454. The van der Waals surface area contributed by atoms with Crippen molar-refractivity contribution in [2.45, 2.75) is 38.0 Å². The summed E-state index contributed by atoms with van der Waals surface area (Å²) in [6.45, 7) is 4.34. The lowest BCUT2D eigenvalue weighted by Gasteiger charge is -2.18. The average Bonchev–Trinajstić information content (AvgIpc) is 2.35. The Labute approximate surface area is 120 Å². The molecule has 6 heteroatoms. The molecule has 0 aliphatic heterocycles. The van der Waals surface area contributed by atoms with Gasteiger partial charge in [0.25, 0.3) is 0 Å². The maximum absolute atomic E-state index is 12.4. The molecule has 0 amide bonds. The molecule has 0 heterocycles. The van der Waals surface area contributed by atoms with E-state index in [2.05, 4.69) is 6.92 Å². The van der Waals surface area contributed by atoms with Gasteiger partial charge >= 0.3 is 0 Å². The van der Waals surface area contributed by atoms with Crippen LogP contribution in [0.15, 0.2) is 17.0 Å². The fourth-order valence-corrected chi connectivity index (χ4v) is 3.27. The predicted molar refractivity (Wildman–Crippen MR) is 79.9 cm³/mol. The fraction of sp³-hybridized carbons (Fsp3) is 0.538. The normalized spacial score (nSPS) is 12.1. The van der Waals surface area contributed by atoms with E-state index in [1.807, 2.05) is 0 Å². The number of nitrogens with zero attached hydrogens (tertiary/aromatic N) is 1. The van der Waals surface area contributed by atoms with Gasteiger partial charge in [-0.05, 0) is 31.0 Å². The largest absolute Gasteiger partial charge is 0.398 e. The molecular weight excluding hydrogens is 284 g/mol. The molecule has 0 saturated carbocycles. The van der Waals surface area contributed by atoms with Crippen molar-refractivity contribution in [1.29, 1.82) is 0 Å². The minimum atomic E-state index is -3.51. The first-order valence-electron chi connectivity index (χ1n) is 6.32. The number of halogens is 1. The summed E-state index contributed by atoms with van der Waals surface area (Å²) in [5.41, 5.74) is 6.87. The number of anilines is 1. The number of sulfonamides is 1. The van der Waals surface area contributed by atoms with Crippen LogP contribution in [0.3, 0.4) is 0 Å². The van der Waals surface area contributed by atoms with Crippen molar-refractivity contribution in [2.75, 3.05) is 19.3 Å². The zero-order valence-electron chi connectivity index (χ0n) is 11.6. The van der Waals surface area contributed by atoms with Crippen LogP contribution in [-0.2, 0) is 10.0 Å². The van der Waals surface area contributed by atoms with Gasteiger partial charge in [-0.25, -0.2) is 12.7 Å². The Bertz CT molecular complexity index is 521. The number of hydrogen-bond acceptors (Lipinski definition) is 3. The van der Waals surface area contributed by atoms with Crippen molar-refractivity contribution in [1.82, 2.24) is 4.31 Å². The molecule has 108 valence electrons. The highest BCUT2D eigenvalue weighted by Crippen LogP contribution is 2.27. The van der Waals surface area contributed by atoms with Crippen LogP contribution >= 0.6 is 11.6 Å². The van der Waals surface area contributed by atoms with Crippen LogP contribution in [0.5, 0.6) is 0 Å². The number of nitrogens with two attached hydrogens (primary N) is 1. The summed E-state index contributed by atoms with van der Waals surface area (Å²) in [5.74, 6) is 0. The predicted octanol–water partition coefficient (Wildman–Crippen LogP) is 3.04. The average molecular weight is 305 g/mol. The summed E-state index contributed by atoms with van der Waals surface area (Å²) >= 11 is 5.99. The van der Waals surface area contributed by atoms with E-state index in [1.165, 1.54) is 16.4 Å². The lowest BCUT2D eigenvalue weighted by atomic mass is 10.2. The lowest BCUT2D eigenvalue weighted by Crippen LogP contribution is -2.28. The van der Waals surface area contributed by atoms with Crippen LogP contribution in [0.2, 0.25) is 5.02 Å². The SMILES string of the molecule is CCCCCN(C)S(=O)(=O)c1cc(N)c(C)c(Cl)c1. The molecule has 1 aromatic rings. The van der Waals surface area contributed by atoms with E-state index in [-0.39, 0.29) is 4.90 Å². The second-order valence-corrected chi connectivity index (χ2v) is 7.11. The number of benzene rings is 1. The van der Waals surface area contributed by atoms with E-state index in [4.69, 9.17) is 17.3 Å². The molecule has 0 aromatic heterocycles. The third-order valence-corrected chi connectivity index (χ3v) is 5.37. The smallest absolute Gasteiger partial charge is 0.242 e. The molecule has 19 heavy (non-hydrogen) atoms. The number of nitrogen functional groups attached to an aromatic ring is 1. The molecular formula is C13H21ClN2O2S. The molecule has 0 unspecified atom stereocenters. The summed E-state index contributed by atoms with van der Waals surface area (Å²) in [5, 5.41) is 0.375. The van der Waals surface area contributed by atoms with Crippen LogP contribution in [0.4, 0.5) is 5.69 Å². The van der Waals surface area contributed by atoms with Gasteiger partial charge in [-0.2, -0.15) is 0 Å². The van der Waals surface area contributed by atoms with Gasteiger partial charge < -0.3 is 5.73 Å². The fourth-order valence-electron chi connectivity index (χ4n) is 1.71. The van der Waals surface area contributed by atoms with E-state index in [0.717, 1.165) is 19.3 Å². The Balaban J connectivity index is 3.00. The highest BCUT2D eigenvalue weighted by Gasteiger charge is 2.21. The summed E-state index contributed by atoms with van der Waals surface area (Å²) in [6, 6.07) is 2.92. The minimum Gasteiger partial charge on any atom is -0.398 e. The molecule has 2 N–H and O–H groups in total. The van der Waals surface area contributed by atoms with Crippen LogP contribution in [0, 0.1) is 6.92 Å². The second kappa shape index (κ2) is 6.59. The van der Waals surface area contributed by atoms with Crippen molar-refractivity contribution < 1.29 is 8.42 Å². The molecule has 4 nitrogen and oxygen atoms in total. The molecule has 1 aromatic carbocycles. The second-order valence-electron chi connectivity index (χ2n) is 4.65. The summed E-state index contributed by atoms with van der Waals surface area (Å²) < 4.78 is 26.1. The summed E-state index contributed by atoms with van der Waals surface area (Å²) in [4.78, 5) is 0.152. The molecule has 1 rings (SSSR count). The van der Waals surface area contributed by atoms with Gasteiger partial charge in [0.05, 0.1) is 4.90 Å². The monoisotopic (exact) mass is 304 g/mol. The van der Waals surface area contributed by atoms with Gasteiger partial charge in [0, 0.05) is 24.3 Å². The zero-order valence-corrected chi connectivity index (χ0v) is 13.2. The van der Waals surface area contributed by atoms with Crippen molar-refractivity contribution in [3.8, 4) is 0 Å². The number of hydrogen-bond donors (Lipinski definition) is 1. The molecule has 0 atom stereocenters. The first-order chi connectivity index (χ1) is 8.80. The highest BCUT2D eigenvalue weighted by molar-refractivity contribution is 7.89. The van der Waals surface area contributed by atoms with Crippen LogP contribution < -0.4 is 5.73 Å². The zero-order chi connectivity index (χ0) is 14.6. The number of rotatable bonds is 6. The van der Waals surface area contributed by atoms with Crippen molar-refractivity contribution in [3.05, 3.63) is 22.7 Å². The van der Waals surface area contributed by atoms with Crippen molar-refractivity contribution in [2.24, 2.45) is 0 Å². The van der Waals surface area contributed by atoms with Gasteiger partial charge in [0.1, 0.15) is 0 Å². The quantitative estimate of drug-likeness (QED) is 0.649. The molecule has 0 saturated heterocycles. The summed E-state index contributed by atoms with van der Waals surface area (Å²) in [7, 11) is -1.93. The first kappa shape index (κ1) is 16.3. The minimum absolute atomic E-state index is 0.152. The Morgan fingerprint density at radius 1 is 1.32 bits per heavy atom. The van der Waals surface area contributed by atoms with Crippen LogP contribution in [0.1, 0.15) is 31.7 Å². The molecule has 0 bridgehead atoms. The van der Waals surface area contributed by atoms with Crippen molar-refractivity contribution >= 4 is 27.3 Å². The molecule has 0 spiro atoms. The van der Waals surface area contributed by atoms with E-state index in [1.54, 1.807) is 14.0 Å². The first-order valence-corrected chi connectivity index (χ1v) is 8.14. The van der Waals surface area contributed by atoms with E-state index < -0.39 is 10.0 Å². The maximum atomic E-state index is 12.4. The van der Waals surface area contributed by atoms with Gasteiger partial charge in [-0.3, -0.25) is 0 Å². The van der Waals surface area contributed by atoms with E-state index in [9.17, 15) is 8.42 Å². The van der Waals surface area contributed by atoms with Crippen LogP contribution in [-0.4, -0.2) is 26.3 Å². The maximum Gasteiger partial charge on any atom is 0.242 e. The van der Waals surface area contributed by atoms with E-state index >= 15 is 0 Å². The van der Waals surface area contributed by atoms with Gasteiger partial charge in [-0.1, -0.05) is 31.4 Å². The third-order valence-electron chi connectivity index (χ3n) is 3.14. The standard InChI is InChI=1S/C13H21ClN2O2S/c1-4-5-6-7-16(3)19(17,18)11-8-12(14)10(2)13(15)9-11/h8-9H,4-7,15H2,1-3H3. The van der Waals surface area contributed by atoms with Gasteiger partial charge in [-0.15, -0.1) is 0 Å². The summed E-state index contributed by atoms with van der Waals surface area (Å²) in [6.07, 6.45) is 2.91. The molecule has 0 radical (unpaired) electrons. The Morgan fingerprint density at radius 3 is 2.47 bits per heavy atom. The van der Waals surface area contributed by atoms with Crippen LogP contribution in [0.25, 0.3) is 0 Å². The third kappa shape index (κ3) is 3.84. The Hall–Kier alpha value is -0.780. The van der Waals surface area contributed by atoms with E-state index in [0.29, 0.717) is 22.8 Å². The van der Waals surface area contributed by atoms with Gasteiger partial charge in [0.2, 0.25) is 10.0 Å². The Kier molecular flexibility index (Phi) is 5.64. The van der Waals surface area contributed by atoms with Gasteiger partial charge in [0.15, 0.2) is 0 Å².